The highest BCUT2D eigenvalue weighted by atomic mass is 14.9. The van der Waals surface area contributed by atoms with Crippen molar-refractivity contribution in [1.29, 1.82) is 0 Å². The maximum Gasteiger partial charge on any atom is 0.106 e. The van der Waals surface area contributed by atoms with Crippen LogP contribution in [0.25, 0.3) is 0 Å². The summed E-state index contributed by atoms with van der Waals surface area (Å²) in [6, 6.07) is 0. The smallest absolute Gasteiger partial charge is 0.106 e. The van der Waals surface area contributed by atoms with Crippen molar-refractivity contribution in [2.45, 2.75) is 85.0 Å². The van der Waals surface area contributed by atoms with Gasteiger partial charge in [-0.3, -0.25) is 0 Å². The van der Waals surface area contributed by atoms with Crippen molar-refractivity contribution >= 4 is 0 Å². The summed E-state index contributed by atoms with van der Waals surface area (Å²) < 4.78 is 0. The first kappa shape index (κ1) is 15.3. The fourth-order valence-corrected chi connectivity index (χ4v) is 2.14. The lowest BCUT2D eigenvalue weighted by atomic mass is 9.83. The Morgan fingerprint density at radius 1 is 1.22 bits per heavy atom. The molecule has 0 fully saturated rings. The molecule has 2 heteroatoms. The topological polar surface area (TPSA) is 28.7 Å². The van der Waals surface area contributed by atoms with Crippen LogP contribution in [0, 0.1) is 0 Å². The average Bonchev–Trinajstić information content (AvgIpc) is 2.80. The number of hydrogen-bond donors (Lipinski definition) is 1. The van der Waals surface area contributed by atoms with E-state index in [0.29, 0.717) is 5.92 Å². The van der Waals surface area contributed by atoms with Crippen LogP contribution in [-0.2, 0) is 11.8 Å². The molecule has 1 atom stereocenters. The second-order valence-corrected chi connectivity index (χ2v) is 6.10. The molecule has 0 amide bonds. The quantitative estimate of drug-likeness (QED) is 0.728. The van der Waals surface area contributed by atoms with Gasteiger partial charge in [0.05, 0.1) is 5.69 Å². The van der Waals surface area contributed by atoms with Gasteiger partial charge in [0.1, 0.15) is 5.82 Å². The molecule has 0 radical (unpaired) electrons. The van der Waals surface area contributed by atoms with Gasteiger partial charge in [0.25, 0.3) is 0 Å². The minimum Gasteiger partial charge on any atom is -0.345 e. The second-order valence-electron chi connectivity index (χ2n) is 6.10. The lowest BCUT2D eigenvalue weighted by Crippen LogP contribution is -2.19. The molecular weight excluding hydrogens is 220 g/mol. The molecule has 104 valence electrons. The number of aryl methyl sites for hydroxylation is 1. The van der Waals surface area contributed by atoms with E-state index in [1.165, 1.54) is 36.5 Å². The summed E-state index contributed by atoms with van der Waals surface area (Å²) >= 11 is 0. The normalized spacial score (nSPS) is 13.9. The summed E-state index contributed by atoms with van der Waals surface area (Å²) in [5, 5.41) is 0. The summed E-state index contributed by atoms with van der Waals surface area (Å²) in [6.45, 7) is 13.6. The van der Waals surface area contributed by atoms with Gasteiger partial charge in [0.15, 0.2) is 0 Å². The van der Waals surface area contributed by atoms with Crippen LogP contribution in [0.2, 0.25) is 0 Å². The Labute approximate surface area is 113 Å². The molecule has 0 saturated carbocycles. The third kappa shape index (κ3) is 3.37. The number of imidazole rings is 1. The summed E-state index contributed by atoms with van der Waals surface area (Å²) in [5.41, 5.74) is 2.85. The van der Waals surface area contributed by atoms with Gasteiger partial charge in [-0.15, -0.1) is 0 Å². The van der Waals surface area contributed by atoms with E-state index < -0.39 is 0 Å². The van der Waals surface area contributed by atoms with Gasteiger partial charge in [0, 0.05) is 17.5 Å². The van der Waals surface area contributed by atoms with E-state index in [2.05, 4.69) is 46.5 Å². The Hall–Kier alpha value is -0.790. The molecule has 2 nitrogen and oxygen atoms in total. The predicted molar refractivity (Wildman–Crippen MR) is 79.2 cm³/mol. The van der Waals surface area contributed by atoms with E-state index in [0.717, 1.165) is 12.8 Å². The minimum atomic E-state index is 0.180. The first-order chi connectivity index (χ1) is 8.46. The molecule has 0 aliphatic carbocycles. The number of aromatic nitrogens is 2. The van der Waals surface area contributed by atoms with Gasteiger partial charge in [-0.1, -0.05) is 48.0 Å². The van der Waals surface area contributed by atoms with E-state index in [4.69, 9.17) is 4.98 Å². The number of aromatic amines is 1. The Balaban J connectivity index is 3.08. The first-order valence-corrected chi connectivity index (χ1v) is 7.55. The van der Waals surface area contributed by atoms with Crippen molar-refractivity contribution in [3.63, 3.8) is 0 Å². The molecule has 0 aliphatic rings. The molecule has 1 aromatic rings. The van der Waals surface area contributed by atoms with Gasteiger partial charge in [0.2, 0.25) is 0 Å². The molecule has 1 unspecified atom stereocenters. The zero-order chi connectivity index (χ0) is 13.8. The number of unbranched alkanes of at least 4 members (excludes halogenated alkanes) is 1. The van der Waals surface area contributed by atoms with Crippen molar-refractivity contribution in [1.82, 2.24) is 9.97 Å². The second kappa shape index (κ2) is 6.40. The summed E-state index contributed by atoms with van der Waals surface area (Å²) in [6.07, 6.45) is 5.84. The van der Waals surface area contributed by atoms with E-state index >= 15 is 0 Å². The van der Waals surface area contributed by atoms with Crippen LogP contribution in [0.1, 0.15) is 90.4 Å². The third-order valence-electron chi connectivity index (χ3n) is 4.18. The minimum absolute atomic E-state index is 0.180. The van der Waals surface area contributed by atoms with Crippen molar-refractivity contribution in [2.75, 3.05) is 0 Å². The third-order valence-corrected chi connectivity index (χ3v) is 4.18. The summed E-state index contributed by atoms with van der Waals surface area (Å²) in [5.74, 6) is 1.76. The molecule has 1 heterocycles. The highest BCUT2D eigenvalue weighted by molar-refractivity contribution is 5.26. The molecule has 1 aromatic heterocycles. The Kier molecular flexibility index (Phi) is 5.43. The van der Waals surface area contributed by atoms with Crippen LogP contribution in [0.15, 0.2) is 0 Å². The predicted octanol–water partition coefficient (Wildman–Crippen LogP) is 4.95. The molecule has 0 saturated heterocycles. The number of nitrogens with zero attached hydrogens (tertiary/aromatic N) is 1. The van der Waals surface area contributed by atoms with Crippen LogP contribution in [-0.4, -0.2) is 9.97 Å². The number of hydrogen-bond acceptors (Lipinski definition) is 1. The molecule has 0 bridgehead atoms. The lowest BCUT2D eigenvalue weighted by Gasteiger charge is -2.23. The van der Waals surface area contributed by atoms with Crippen LogP contribution >= 0.6 is 0 Å². The van der Waals surface area contributed by atoms with Crippen molar-refractivity contribution in [2.24, 2.45) is 0 Å². The number of rotatable bonds is 7. The lowest BCUT2D eigenvalue weighted by molar-refractivity contribution is 0.481. The number of nitrogens with one attached hydrogen (secondary N) is 1. The monoisotopic (exact) mass is 250 g/mol. The van der Waals surface area contributed by atoms with E-state index in [-0.39, 0.29) is 5.41 Å². The molecule has 0 aliphatic heterocycles. The largest absolute Gasteiger partial charge is 0.345 e. The molecule has 0 spiro atoms. The SMILES string of the molecule is CCCCc1nc(C(C)(C)CC)c(C(C)CC)[nH]1. The van der Waals surface area contributed by atoms with Gasteiger partial charge in [-0.05, 0) is 25.2 Å². The fraction of sp³-hybridized carbons (Fsp3) is 0.812. The Morgan fingerprint density at radius 2 is 1.89 bits per heavy atom. The molecule has 0 aromatic carbocycles. The first-order valence-electron chi connectivity index (χ1n) is 7.55. The van der Waals surface area contributed by atoms with Gasteiger partial charge in [-0.25, -0.2) is 4.98 Å². The molecular formula is C16H30N2. The van der Waals surface area contributed by atoms with Crippen LogP contribution in [0.3, 0.4) is 0 Å². The highest BCUT2D eigenvalue weighted by Crippen LogP contribution is 2.32. The van der Waals surface area contributed by atoms with Crippen molar-refractivity contribution < 1.29 is 0 Å². The standard InChI is InChI=1S/C16H30N2/c1-7-10-11-13-17-14(12(4)8-2)15(18-13)16(5,6)9-3/h12H,7-11H2,1-6H3,(H,17,18). The molecule has 1 N–H and O–H groups in total. The maximum atomic E-state index is 4.90. The zero-order valence-corrected chi connectivity index (χ0v) is 13.1. The van der Waals surface area contributed by atoms with Crippen molar-refractivity contribution in [3.8, 4) is 0 Å². The summed E-state index contributed by atoms with van der Waals surface area (Å²) in [4.78, 5) is 8.50. The Bertz CT molecular complexity index is 363. The zero-order valence-electron chi connectivity index (χ0n) is 13.1. The molecule has 1 rings (SSSR count). The fourth-order valence-electron chi connectivity index (χ4n) is 2.14. The molecule has 18 heavy (non-hydrogen) atoms. The maximum absolute atomic E-state index is 4.90. The van der Waals surface area contributed by atoms with Gasteiger partial charge in [-0.2, -0.15) is 0 Å². The van der Waals surface area contributed by atoms with E-state index in [1.807, 2.05) is 0 Å². The Morgan fingerprint density at radius 3 is 2.39 bits per heavy atom. The van der Waals surface area contributed by atoms with Crippen molar-refractivity contribution in [3.05, 3.63) is 17.2 Å². The van der Waals surface area contributed by atoms with Crippen LogP contribution in [0.4, 0.5) is 0 Å². The number of H-pyrrole nitrogens is 1. The highest BCUT2D eigenvalue weighted by Gasteiger charge is 2.27. The van der Waals surface area contributed by atoms with Gasteiger partial charge < -0.3 is 4.98 Å². The van der Waals surface area contributed by atoms with Crippen LogP contribution < -0.4 is 0 Å². The summed E-state index contributed by atoms with van der Waals surface area (Å²) in [7, 11) is 0. The van der Waals surface area contributed by atoms with Gasteiger partial charge >= 0.3 is 0 Å². The average molecular weight is 250 g/mol. The van der Waals surface area contributed by atoms with E-state index in [9.17, 15) is 0 Å². The van der Waals surface area contributed by atoms with Crippen LogP contribution in [0.5, 0.6) is 0 Å². The van der Waals surface area contributed by atoms with E-state index in [1.54, 1.807) is 0 Å².